The Labute approximate surface area is 197 Å². The maximum Gasteiger partial charge on any atom is 0.331 e. The SMILES string of the molecule is CC(=O)O[C@@]12C[C@@H](C)[C@](O)(CCC3=CC(=O)OC3)[C@@]3(C)CCC[C@@](C)([C@@H]4CCC[C@H]4NN1)[C@@H]32. The molecule has 184 valence electrons. The first-order chi connectivity index (χ1) is 15.5. The van der Waals surface area contributed by atoms with E-state index in [0.29, 0.717) is 37.8 Å². The van der Waals surface area contributed by atoms with Gasteiger partial charge < -0.3 is 14.6 Å². The predicted octanol–water partition coefficient (Wildman–Crippen LogP) is 3.37. The number of hydrazine groups is 1. The van der Waals surface area contributed by atoms with Crippen molar-refractivity contribution in [3.05, 3.63) is 11.6 Å². The highest BCUT2D eigenvalue weighted by Gasteiger charge is 2.73. The fourth-order valence-electron chi connectivity index (χ4n) is 9.15. The number of cyclic esters (lactones) is 1. The Hall–Kier alpha value is -1.44. The molecule has 0 unspecified atom stereocenters. The lowest BCUT2D eigenvalue weighted by molar-refractivity contribution is -0.296. The molecule has 1 saturated heterocycles. The van der Waals surface area contributed by atoms with Gasteiger partial charge in [0.2, 0.25) is 0 Å². The zero-order valence-electron chi connectivity index (χ0n) is 20.5. The molecule has 4 fully saturated rings. The maximum absolute atomic E-state index is 12.5. The van der Waals surface area contributed by atoms with Gasteiger partial charge in [-0.3, -0.25) is 10.2 Å². The molecule has 2 heterocycles. The number of rotatable bonds is 4. The van der Waals surface area contributed by atoms with Crippen LogP contribution in [0.3, 0.4) is 0 Å². The summed E-state index contributed by atoms with van der Waals surface area (Å²) in [5, 5.41) is 12.5. The molecule has 7 nitrogen and oxygen atoms in total. The van der Waals surface area contributed by atoms with E-state index in [1.54, 1.807) is 6.08 Å². The van der Waals surface area contributed by atoms with Crippen molar-refractivity contribution in [2.75, 3.05) is 6.61 Å². The molecule has 0 aromatic carbocycles. The molecule has 7 heteroatoms. The molecule has 0 aromatic rings. The lowest BCUT2D eigenvalue weighted by Gasteiger charge is -2.68. The predicted molar refractivity (Wildman–Crippen MR) is 122 cm³/mol. The molecule has 3 saturated carbocycles. The van der Waals surface area contributed by atoms with Crippen molar-refractivity contribution in [3.8, 4) is 0 Å². The van der Waals surface area contributed by atoms with Crippen LogP contribution in [0.25, 0.3) is 0 Å². The van der Waals surface area contributed by atoms with Crippen molar-refractivity contribution in [1.29, 1.82) is 0 Å². The van der Waals surface area contributed by atoms with Gasteiger partial charge in [0.05, 0.1) is 5.60 Å². The molecule has 0 radical (unpaired) electrons. The molecule has 5 aliphatic rings. The number of esters is 2. The van der Waals surface area contributed by atoms with Crippen LogP contribution in [-0.4, -0.2) is 41.0 Å². The van der Waals surface area contributed by atoms with Gasteiger partial charge in [-0.1, -0.05) is 33.6 Å². The third kappa shape index (κ3) is 3.33. The Kier molecular flexibility index (Phi) is 5.50. The largest absolute Gasteiger partial charge is 0.458 e. The molecule has 0 spiro atoms. The monoisotopic (exact) mass is 460 g/mol. The number of hydrogen-bond donors (Lipinski definition) is 3. The summed E-state index contributed by atoms with van der Waals surface area (Å²) < 4.78 is 11.4. The van der Waals surface area contributed by atoms with Gasteiger partial charge >= 0.3 is 11.9 Å². The van der Waals surface area contributed by atoms with Crippen molar-refractivity contribution in [2.24, 2.45) is 28.6 Å². The Morgan fingerprint density at radius 3 is 2.76 bits per heavy atom. The summed E-state index contributed by atoms with van der Waals surface area (Å²) in [6.07, 6.45) is 9.88. The Bertz CT molecular complexity index is 875. The van der Waals surface area contributed by atoms with E-state index < -0.39 is 16.7 Å². The van der Waals surface area contributed by atoms with Crippen LogP contribution in [0.2, 0.25) is 0 Å². The van der Waals surface area contributed by atoms with Crippen LogP contribution in [0.1, 0.15) is 85.5 Å². The van der Waals surface area contributed by atoms with Gasteiger partial charge in [0.15, 0.2) is 5.72 Å². The van der Waals surface area contributed by atoms with Gasteiger partial charge in [-0.05, 0) is 61.3 Å². The third-order valence-corrected chi connectivity index (χ3v) is 10.3. The molecule has 0 bridgehead atoms. The Balaban J connectivity index is 1.59. The number of aliphatic hydroxyl groups is 1. The smallest absolute Gasteiger partial charge is 0.331 e. The minimum absolute atomic E-state index is 0.0209. The second kappa shape index (κ2) is 7.79. The Morgan fingerprint density at radius 2 is 2.06 bits per heavy atom. The van der Waals surface area contributed by atoms with Gasteiger partial charge in [0.1, 0.15) is 6.61 Å². The van der Waals surface area contributed by atoms with Gasteiger partial charge in [-0.15, -0.1) is 0 Å². The summed E-state index contributed by atoms with van der Waals surface area (Å²) in [5.41, 5.74) is 5.84. The van der Waals surface area contributed by atoms with E-state index in [-0.39, 0.29) is 29.2 Å². The highest BCUT2D eigenvalue weighted by atomic mass is 16.6. The molecular weight excluding hydrogens is 420 g/mol. The fraction of sp³-hybridized carbons (Fsp3) is 0.846. The molecule has 5 rings (SSSR count). The molecule has 8 atom stereocenters. The Morgan fingerprint density at radius 1 is 1.27 bits per heavy atom. The first-order valence-corrected chi connectivity index (χ1v) is 12.8. The van der Waals surface area contributed by atoms with Crippen LogP contribution in [0.15, 0.2) is 11.6 Å². The normalized spacial score (nSPS) is 48.9. The summed E-state index contributed by atoms with van der Waals surface area (Å²) in [6.45, 7) is 8.55. The number of ether oxygens (including phenoxy) is 2. The highest BCUT2D eigenvalue weighted by molar-refractivity contribution is 5.85. The van der Waals surface area contributed by atoms with Crippen LogP contribution >= 0.6 is 0 Å². The number of nitrogens with one attached hydrogen (secondary N) is 2. The van der Waals surface area contributed by atoms with Crippen molar-refractivity contribution < 1.29 is 24.2 Å². The lowest BCUT2D eigenvalue weighted by Crippen LogP contribution is -2.75. The van der Waals surface area contributed by atoms with E-state index in [2.05, 4.69) is 31.6 Å². The van der Waals surface area contributed by atoms with Crippen molar-refractivity contribution >= 4 is 11.9 Å². The molecule has 0 aromatic heterocycles. The zero-order chi connectivity index (χ0) is 23.6. The summed E-state index contributed by atoms with van der Waals surface area (Å²) in [7, 11) is 0. The van der Waals surface area contributed by atoms with Gasteiger partial charge in [0.25, 0.3) is 0 Å². The third-order valence-electron chi connectivity index (χ3n) is 10.3. The second-order valence-corrected chi connectivity index (χ2v) is 12.0. The molecule has 3 aliphatic carbocycles. The van der Waals surface area contributed by atoms with Crippen LogP contribution < -0.4 is 10.9 Å². The van der Waals surface area contributed by atoms with Crippen molar-refractivity contribution in [1.82, 2.24) is 10.9 Å². The summed E-state index contributed by atoms with van der Waals surface area (Å²) in [4.78, 5) is 24.0. The number of carbonyl (C=O) groups excluding carboxylic acids is 2. The molecule has 0 amide bonds. The van der Waals surface area contributed by atoms with Crippen LogP contribution in [-0.2, 0) is 19.1 Å². The average Bonchev–Trinajstić information content (AvgIpc) is 3.36. The molecule has 3 N–H and O–H groups in total. The minimum Gasteiger partial charge on any atom is -0.458 e. The van der Waals surface area contributed by atoms with E-state index in [1.807, 2.05) is 0 Å². The van der Waals surface area contributed by atoms with Crippen LogP contribution in [0.5, 0.6) is 0 Å². The maximum atomic E-state index is 12.5. The van der Waals surface area contributed by atoms with E-state index in [0.717, 1.165) is 31.3 Å². The topological polar surface area (TPSA) is 96.9 Å². The summed E-state index contributed by atoms with van der Waals surface area (Å²) in [6, 6.07) is 0.352. The van der Waals surface area contributed by atoms with E-state index >= 15 is 0 Å². The van der Waals surface area contributed by atoms with Crippen molar-refractivity contribution in [2.45, 2.75) is 103 Å². The zero-order valence-corrected chi connectivity index (χ0v) is 20.5. The highest BCUT2D eigenvalue weighted by Crippen LogP contribution is 2.70. The standard InChI is InChI=1S/C26H40N2O5/c1-16-14-26(33-17(2)29)22-23(3,19-7-5-8-20(19)27-28-26)10-6-11-24(22,4)25(16,31)12-9-18-13-21(30)32-15-18/h13,16,19-20,22,27-28,31H,5-12,14-15H2,1-4H3/t16-,19-,20-,22+,23+,24+,25-,26-/m1/s1. The first-order valence-electron chi connectivity index (χ1n) is 12.8. The average molecular weight is 461 g/mol. The van der Waals surface area contributed by atoms with Gasteiger partial charge in [-0.2, -0.15) is 0 Å². The van der Waals surface area contributed by atoms with Crippen LogP contribution in [0, 0.1) is 28.6 Å². The summed E-state index contributed by atoms with van der Waals surface area (Å²) >= 11 is 0. The quantitative estimate of drug-likeness (QED) is 0.554. The van der Waals surface area contributed by atoms with E-state index in [9.17, 15) is 14.7 Å². The molecule has 2 aliphatic heterocycles. The summed E-state index contributed by atoms with van der Waals surface area (Å²) in [5.74, 6) is -0.201. The molecular formula is C26H40N2O5. The van der Waals surface area contributed by atoms with E-state index in [4.69, 9.17) is 9.47 Å². The number of carbonyl (C=O) groups is 2. The van der Waals surface area contributed by atoms with Crippen LogP contribution in [0.4, 0.5) is 0 Å². The number of hydrogen-bond acceptors (Lipinski definition) is 7. The second-order valence-electron chi connectivity index (χ2n) is 12.0. The minimum atomic E-state index is -0.935. The fourth-order valence-corrected chi connectivity index (χ4v) is 9.15. The lowest BCUT2D eigenvalue weighted by atomic mass is 9.39. The van der Waals surface area contributed by atoms with Crippen molar-refractivity contribution in [3.63, 3.8) is 0 Å². The van der Waals surface area contributed by atoms with Gasteiger partial charge in [0, 0.05) is 36.8 Å². The van der Waals surface area contributed by atoms with Gasteiger partial charge in [-0.25, -0.2) is 10.2 Å². The number of fused-ring (bicyclic) bond motifs is 2. The van der Waals surface area contributed by atoms with E-state index in [1.165, 1.54) is 19.8 Å². The first kappa shape index (κ1) is 23.3. The molecule has 33 heavy (non-hydrogen) atoms.